The Morgan fingerprint density at radius 3 is 2.30 bits per heavy atom. The van der Waals surface area contributed by atoms with Gasteiger partial charge in [0.25, 0.3) is 0 Å². The lowest BCUT2D eigenvalue weighted by Gasteiger charge is -2.26. The molecule has 0 saturated heterocycles. The molecule has 0 unspecified atom stereocenters. The number of rotatable bonds is 9. The van der Waals surface area contributed by atoms with Gasteiger partial charge in [-0.15, -0.1) is 0 Å². The SMILES string of the molecule is COc1cccc(N(C)C(=O)CN(Cc2ccccc2)S(=O)(=O)c2cc(C)ccc2OC)c1. The summed E-state index contributed by atoms with van der Waals surface area (Å²) in [7, 11) is 0.526. The van der Waals surface area contributed by atoms with Crippen molar-refractivity contribution in [2.45, 2.75) is 18.4 Å². The number of methoxy groups -OCH3 is 2. The highest BCUT2D eigenvalue weighted by molar-refractivity contribution is 7.89. The Kier molecular flexibility index (Phi) is 7.73. The summed E-state index contributed by atoms with van der Waals surface area (Å²) in [6.45, 7) is 1.50. The van der Waals surface area contributed by atoms with Crippen LogP contribution in [-0.2, 0) is 21.4 Å². The van der Waals surface area contributed by atoms with Crippen LogP contribution in [0.5, 0.6) is 11.5 Å². The Morgan fingerprint density at radius 1 is 0.909 bits per heavy atom. The summed E-state index contributed by atoms with van der Waals surface area (Å²) in [4.78, 5) is 14.6. The first-order valence-electron chi connectivity index (χ1n) is 10.4. The van der Waals surface area contributed by atoms with Crippen molar-refractivity contribution in [2.24, 2.45) is 0 Å². The summed E-state index contributed by atoms with van der Waals surface area (Å²) in [6, 6.07) is 21.2. The maximum Gasteiger partial charge on any atom is 0.247 e. The number of likely N-dealkylation sites (N-methyl/N-ethyl adjacent to an activating group) is 1. The Morgan fingerprint density at radius 2 is 1.64 bits per heavy atom. The maximum atomic E-state index is 13.7. The van der Waals surface area contributed by atoms with Gasteiger partial charge in [-0.2, -0.15) is 4.31 Å². The van der Waals surface area contributed by atoms with E-state index in [-0.39, 0.29) is 29.6 Å². The minimum absolute atomic E-state index is 0.0257. The molecule has 33 heavy (non-hydrogen) atoms. The number of hydrogen-bond donors (Lipinski definition) is 0. The number of benzene rings is 3. The summed E-state index contributed by atoms with van der Waals surface area (Å²) in [5.41, 5.74) is 2.14. The van der Waals surface area contributed by atoms with Gasteiger partial charge in [-0.1, -0.05) is 42.5 Å². The van der Waals surface area contributed by atoms with Crippen LogP contribution in [0.1, 0.15) is 11.1 Å². The van der Waals surface area contributed by atoms with Crippen molar-refractivity contribution >= 4 is 21.6 Å². The van der Waals surface area contributed by atoms with Crippen LogP contribution in [0.2, 0.25) is 0 Å². The van der Waals surface area contributed by atoms with E-state index in [0.717, 1.165) is 11.1 Å². The molecule has 0 fully saturated rings. The number of carbonyl (C=O) groups excluding carboxylic acids is 1. The maximum absolute atomic E-state index is 13.7. The Labute approximate surface area is 195 Å². The van der Waals surface area contributed by atoms with Gasteiger partial charge in [-0.05, 0) is 42.3 Å². The monoisotopic (exact) mass is 468 g/mol. The number of aryl methyl sites for hydroxylation is 1. The summed E-state index contributed by atoms with van der Waals surface area (Å²) >= 11 is 0. The van der Waals surface area contributed by atoms with Crippen molar-refractivity contribution in [3.05, 3.63) is 83.9 Å². The van der Waals surface area contributed by atoms with Crippen LogP contribution in [0.3, 0.4) is 0 Å². The van der Waals surface area contributed by atoms with E-state index in [1.165, 1.54) is 16.3 Å². The van der Waals surface area contributed by atoms with E-state index in [1.54, 1.807) is 56.6 Å². The molecule has 0 aliphatic heterocycles. The van der Waals surface area contributed by atoms with Crippen molar-refractivity contribution in [1.29, 1.82) is 0 Å². The fourth-order valence-corrected chi connectivity index (χ4v) is 4.98. The van der Waals surface area contributed by atoms with Crippen molar-refractivity contribution in [2.75, 3.05) is 32.7 Å². The standard InChI is InChI=1S/C25H28N2O5S/c1-19-13-14-23(32-4)24(15-19)33(29,30)27(17-20-9-6-5-7-10-20)18-25(28)26(2)21-11-8-12-22(16-21)31-3/h5-16H,17-18H2,1-4H3. The van der Waals surface area contributed by atoms with Crippen molar-refractivity contribution < 1.29 is 22.7 Å². The molecule has 3 aromatic rings. The number of hydrogen-bond acceptors (Lipinski definition) is 5. The number of ether oxygens (including phenoxy) is 2. The van der Waals surface area contributed by atoms with Crippen LogP contribution in [0, 0.1) is 6.92 Å². The van der Waals surface area contributed by atoms with Crippen LogP contribution in [0.15, 0.2) is 77.7 Å². The third-order valence-electron chi connectivity index (χ3n) is 5.27. The topological polar surface area (TPSA) is 76.2 Å². The molecule has 0 aliphatic rings. The summed E-state index contributed by atoms with van der Waals surface area (Å²) in [6.07, 6.45) is 0. The predicted octanol–water partition coefficient (Wildman–Crippen LogP) is 3.87. The van der Waals surface area contributed by atoms with Crippen LogP contribution in [0.4, 0.5) is 5.69 Å². The van der Waals surface area contributed by atoms with Gasteiger partial charge in [0.1, 0.15) is 16.4 Å². The van der Waals surface area contributed by atoms with Crippen LogP contribution >= 0.6 is 0 Å². The van der Waals surface area contributed by atoms with Gasteiger partial charge in [-0.25, -0.2) is 8.42 Å². The van der Waals surface area contributed by atoms with Crippen molar-refractivity contribution in [1.82, 2.24) is 4.31 Å². The van der Waals surface area contributed by atoms with Gasteiger partial charge in [0.15, 0.2) is 0 Å². The van der Waals surface area contributed by atoms with Gasteiger partial charge in [0, 0.05) is 25.3 Å². The molecule has 7 nitrogen and oxygen atoms in total. The van der Waals surface area contributed by atoms with E-state index in [9.17, 15) is 13.2 Å². The molecule has 8 heteroatoms. The minimum Gasteiger partial charge on any atom is -0.497 e. The summed E-state index contributed by atoms with van der Waals surface area (Å²) < 4.78 is 39.2. The van der Waals surface area contributed by atoms with E-state index in [4.69, 9.17) is 9.47 Å². The largest absolute Gasteiger partial charge is 0.497 e. The average Bonchev–Trinajstić information content (AvgIpc) is 2.83. The highest BCUT2D eigenvalue weighted by Gasteiger charge is 2.31. The molecule has 0 radical (unpaired) electrons. The summed E-state index contributed by atoms with van der Waals surface area (Å²) in [5, 5.41) is 0. The van der Waals surface area contributed by atoms with E-state index >= 15 is 0 Å². The molecule has 0 spiro atoms. The molecule has 3 rings (SSSR count). The molecular weight excluding hydrogens is 440 g/mol. The van der Waals surface area contributed by atoms with E-state index in [1.807, 2.05) is 37.3 Å². The van der Waals surface area contributed by atoms with Gasteiger partial charge in [0.2, 0.25) is 15.9 Å². The fourth-order valence-electron chi connectivity index (χ4n) is 3.36. The molecule has 1 amide bonds. The van der Waals surface area contributed by atoms with E-state index < -0.39 is 10.0 Å². The van der Waals surface area contributed by atoms with E-state index in [2.05, 4.69) is 0 Å². The summed E-state index contributed by atoms with van der Waals surface area (Å²) in [5.74, 6) is 0.451. The third-order valence-corrected chi connectivity index (χ3v) is 7.08. The zero-order valence-electron chi connectivity index (χ0n) is 19.2. The van der Waals surface area contributed by atoms with Crippen LogP contribution in [0.25, 0.3) is 0 Å². The lowest BCUT2D eigenvalue weighted by Crippen LogP contribution is -2.41. The van der Waals surface area contributed by atoms with Gasteiger partial charge < -0.3 is 14.4 Å². The van der Waals surface area contributed by atoms with Gasteiger partial charge in [0.05, 0.1) is 20.8 Å². The molecule has 174 valence electrons. The second kappa shape index (κ2) is 10.5. The second-order valence-corrected chi connectivity index (χ2v) is 9.47. The minimum atomic E-state index is -4.05. The molecule has 0 saturated carbocycles. The van der Waals surface area contributed by atoms with Crippen LogP contribution in [-0.4, -0.2) is 46.4 Å². The molecule has 3 aromatic carbocycles. The van der Waals surface area contributed by atoms with Crippen molar-refractivity contribution in [3.8, 4) is 11.5 Å². The third kappa shape index (κ3) is 5.71. The Bertz CT molecular complexity index is 1210. The molecule has 0 heterocycles. The first kappa shape index (κ1) is 24.3. The number of nitrogens with zero attached hydrogens (tertiary/aromatic N) is 2. The Hall–Kier alpha value is -3.36. The smallest absolute Gasteiger partial charge is 0.247 e. The number of anilines is 1. The number of amides is 1. The average molecular weight is 469 g/mol. The zero-order chi connectivity index (χ0) is 24.0. The molecule has 0 aliphatic carbocycles. The first-order chi connectivity index (χ1) is 15.8. The van der Waals surface area contributed by atoms with Crippen LogP contribution < -0.4 is 14.4 Å². The lowest BCUT2D eigenvalue weighted by molar-refractivity contribution is -0.118. The second-order valence-electron chi connectivity index (χ2n) is 7.57. The molecular formula is C25H28N2O5S. The molecule has 0 atom stereocenters. The highest BCUT2D eigenvalue weighted by Crippen LogP contribution is 2.29. The van der Waals surface area contributed by atoms with Crippen molar-refractivity contribution in [3.63, 3.8) is 0 Å². The normalized spacial score (nSPS) is 11.3. The lowest BCUT2D eigenvalue weighted by atomic mass is 10.2. The Balaban J connectivity index is 1.97. The molecule has 0 N–H and O–H groups in total. The zero-order valence-corrected chi connectivity index (χ0v) is 20.0. The number of sulfonamides is 1. The van der Waals surface area contributed by atoms with E-state index in [0.29, 0.717) is 11.4 Å². The molecule has 0 aromatic heterocycles. The quantitative estimate of drug-likeness (QED) is 0.477. The highest BCUT2D eigenvalue weighted by atomic mass is 32.2. The molecule has 0 bridgehead atoms. The fraction of sp³-hybridized carbons (Fsp3) is 0.240. The predicted molar refractivity (Wildman–Crippen MR) is 128 cm³/mol. The first-order valence-corrected chi connectivity index (χ1v) is 11.8. The van der Waals surface area contributed by atoms with Gasteiger partial charge >= 0.3 is 0 Å². The van der Waals surface area contributed by atoms with Gasteiger partial charge in [-0.3, -0.25) is 4.79 Å². The number of carbonyl (C=O) groups is 1.